The van der Waals surface area contributed by atoms with Gasteiger partial charge in [0.15, 0.2) is 0 Å². The summed E-state index contributed by atoms with van der Waals surface area (Å²) in [7, 11) is 0. The normalized spacial score (nSPS) is 12.7. The van der Waals surface area contributed by atoms with Crippen LogP contribution in [0.5, 0.6) is 0 Å². The largest absolute Gasteiger partial charge is 0.256 e. The summed E-state index contributed by atoms with van der Waals surface area (Å²) in [6.45, 7) is 0. The van der Waals surface area contributed by atoms with Gasteiger partial charge in [-0.1, -0.05) is 158 Å². The molecule has 0 unspecified atom stereocenters. The van der Waals surface area contributed by atoms with Crippen LogP contribution in [0.1, 0.15) is 33.6 Å². The summed E-state index contributed by atoms with van der Waals surface area (Å²) >= 11 is 0. The number of fused-ring (bicyclic) bond motifs is 6. The van der Waals surface area contributed by atoms with Gasteiger partial charge >= 0.3 is 0 Å². The maximum absolute atomic E-state index is 5.32. The van der Waals surface area contributed by atoms with Crippen molar-refractivity contribution >= 4 is 65.6 Å². The molecule has 1 aliphatic rings. The highest BCUT2D eigenvalue weighted by Gasteiger charge is 2.39. The fourth-order valence-corrected chi connectivity index (χ4v) is 8.58. The van der Waals surface area contributed by atoms with Crippen LogP contribution in [0.3, 0.4) is 0 Å². The van der Waals surface area contributed by atoms with Gasteiger partial charge in [-0.25, -0.2) is 0 Å². The van der Waals surface area contributed by atoms with Crippen molar-refractivity contribution in [1.82, 2.24) is 19.9 Å². The van der Waals surface area contributed by atoms with Crippen molar-refractivity contribution in [3.05, 3.63) is 252 Å². The van der Waals surface area contributed by atoms with Gasteiger partial charge in [0.05, 0.1) is 22.4 Å². The van der Waals surface area contributed by atoms with E-state index >= 15 is 0 Å². The second kappa shape index (κ2) is 14.0. The van der Waals surface area contributed by atoms with Crippen molar-refractivity contribution in [3.63, 3.8) is 0 Å². The average molecular weight is 739 g/mol. The summed E-state index contributed by atoms with van der Waals surface area (Å²) in [5.41, 5.74) is 14.8. The monoisotopic (exact) mass is 738 g/mol. The predicted octanol–water partition coefficient (Wildman–Crippen LogP) is 12.8. The van der Waals surface area contributed by atoms with Crippen LogP contribution < -0.4 is 0 Å². The van der Waals surface area contributed by atoms with Crippen LogP contribution in [0.25, 0.3) is 65.6 Å². The smallest absolute Gasteiger partial charge is 0.0795 e. The zero-order chi connectivity index (χ0) is 38.4. The molecule has 0 saturated heterocycles. The first-order valence-electron chi connectivity index (χ1n) is 19.5. The van der Waals surface area contributed by atoms with Crippen molar-refractivity contribution < 1.29 is 0 Å². The van der Waals surface area contributed by atoms with E-state index in [1.54, 1.807) is 0 Å². The molecule has 11 rings (SSSR count). The van der Waals surface area contributed by atoms with Crippen LogP contribution in [-0.2, 0) is 0 Å². The number of hydrogen-bond acceptors (Lipinski definition) is 4. The molecule has 10 aromatic rings. The van der Waals surface area contributed by atoms with E-state index in [1.807, 2.05) is 36.9 Å². The Morgan fingerprint density at radius 1 is 0.310 bits per heavy atom. The second-order valence-electron chi connectivity index (χ2n) is 14.6. The van der Waals surface area contributed by atoms with Gasteiger partial charge in [0.1, 0.15) is 0 Å². The Hall–Kier alpha value is -7.82. The Bertz CT molecular complexity index is 2990. The lowest BCUT2D eigenvalue weighted by Crippen LogP contribution is -2.18. The van der Waals surface area contributed by atoms with Gasteiger partial charge in [-0.15, -0.1) is 0 Å². The van der Waals surface area contributed by atoms with Crippen LogP contribution >= 0.6 is 0 Å². The van der Waals surface area contributed by atoms with Gasteiger partial charge in [-0.3, -0.25) is 19.9 Å². The minimum absolute atomic E-state index is 0.878. The van der Waals surface area contributed by atoms with Crippen molar-refractivity contribution in [2.24, 2.45) is 0 Å². The molecule has 0 N–H and O–H groups in total. The Kier molecular flexibility index (Phi) is 8.11. The quantitative estimate of drug-likeness (QED) is 0.159. The molecule has 58 heavy (non-hydrogen) atoms. The number of benzene rings is 6. The number of allylic oxidation sites excluding steroid dienone is 4. The van der Waals surface area contributed by atoms with E-state index in [2.05, 4.69) is 170 Å². The third-order valence-corrected chi connectivity index (χ3v) is 11.2. The minimum atomic E-state index is 0.878. The molecule has 0 radical (unpaired) electrons. The molecule has 0 bridgehead atoms. The molecule has 0 saturated carbocycles. The van der Waals surface area contributed by atoms with Gasteiger partial charge in [-0.05, 0) is 68.4 Å². The highest BCUT2D eigenvalue weighted by atomic mass is 14.7. The van der Waals surface area contributed by atoms with Crippen LogP contribution in [0.2, 0.25) is 0 Å². The molecule has 0 amide bonds. The molecule has 270 valence electrons. The average Bonchev–Trinajstić information content (AvgIpc) is 3.30. The third-order valence-electron chi connectivity index (χ3n) is 11.2. The summed E-state index contributed by atoms with van der Waals surface area (Å²) < 4.78 is 0. The molecule has 0 atom stereocenters. The van der Waals surface area contributed by atoms with Crippen molar-refractivity contribution in [3.8, 4) is 0 Å². The summed E-state index contributed by atoms with van der Waals surface area (Å²) in [6, 6.07) is 64.3. The highest BCUT2D eigenvalue weighted by molar-refractivity contribution is 6.27. The molecule has 0 fully saturated rings. The van der Waals surface area contributed by atoms with E-state index < -0.39 is 0 Å². The number of rotatable bonds is 6. The fraction of sp³-hybridized carbons (Fsp3) is 0. The Labute approximate surface area is 335 Å². The second-order valence-corrected chi connectivity index (χ2v) is 14.6. The van der Waals surface area contributed by atoms with Gasteiger partial charge in [-0.2, -0.15) is 0 Å². The Morgan fingerprint density at radius 3 is 1.02 bits per heavy atom. The van der Waals surface area contributed by atoms with Crippen molar-refractivity contribution in [2.75, 3.05) is 0 Å². The number of pyridine rings is 4. The first-order valence-corrected chi connectivity index (χ1v) is 19.5. The van der Waals surface area contributed by atoms with Crippen LogP contribution in [-0.4, -0.2) is 19.9 Å². The standard InChI is InChI=1S/C54H34N4/c1-5-15-35(16-6-1)47(36-17-7-2-8-18-36)51-49(45-31-41-27-25-39-23-13-29-55-53(39)43(41)33-57-45)50(46-32-42-28-26-40-24-14-30-56-54(40)44(42)34-58-46)52(51)48(37-19-9-3-10-20-37)38-21-11-4-12-22-38/h1-34H. The minimum Gasteiger partial charge on any atom is -0.256 e. The molecular formula is C54H34N4. The lowest BCUT2D eigenvalue weighted by molar-refractivity contribution is 1.24. The van der Waals surface area contributed by atoms with E-state index in [-0.39, 0.29) is 0 Å². The zero-order valence-electron chi connectivity index (χ0n) is 31.4. The zero-order valence-corrected chi connectivity index (χ0v) is 31.4. The molecule has 4 aromatic heterocycles. The van der Waals surface area contributed by atoms with Crippen molar-refractivity contribution in [1.29, 1.82) is 0 Å². The first kappa shape index (κ1) is 33.5. The van der Waals surface area contributed by atoms with E-state index in [0.717, 1.165) is 110 Å². The Morgan fingerprint density at radius 2 is 0.655 bits per heavy atom. The molecule has 0 spiro atoms. The first-order chi connectivity index (χ1) is 28.8. The summed E-state index contributed by atoms with van der Waals surface area (Å²) in [5, 5.41) is 6.38. The van der Waals surface area contributed by atoms with Crippen molar-refractivity contribution in [2.45, 2.75) is 0 Å². The highest BCUT2D eigenvalue weighted by Crippen LogP contribution is 2.58. The molecule has 4 heterocycles. The summed E-state index contributed by atoms with van der Waals surface area (Å²) in [6.07, 6.45) is 7.70. The maximum Gasteiger partial charge on any atom is 0.0795 e. The summed E-state index contributed by atoms with van der Waals surface area (Å²) in [4.78, 5) is 20.2. The molecule has 4 heteroatoms. The SMILES string of the molecule is c1ccc(C(=C2C(=C(c3ccccc3)c3ccccc3)C(c3cc4ccc5cccnc5c4cn3)=C2c2cc3ccc4cccnc4c3cn2)c2ccccc2)cc1. The molecular weight excluding hydrogens is 705 g/mol. The fourth-order valence-electron chi connectivity index (χ4n) is 8.58. The summed E-state index contributed by atoms with van der Waals surface area (Å²) in [5.74, 6) is 0. The number of nitrogens with zero attached hydrogens (tertiary/aromatic N) is 4. The van der Waals surface area contributed by atoms with Crippen LogP contribution in [0.4, 0.5) is 0 Å². The molecule has 0 aliphatic heterocycles. The number of aromatic nitrogens is 4. The van der Waals surface area contributed by atoms with Crippen LogP contribution in [0.15, 0.2) is 218 Å². The van der Waals surface area contributed by atoms with Gasteiger partial charge in [0.2, 0.25) is 0 Å². The predicted molar refractivity (Wildman–Crippen MR) is 239 cm³/mol. The van der Waals surface area contributed by atoms with Gasteiger partial charge in [0.25, 0.3) is 0 Å². The van der Waals surface area contributed by atoms with E-state index in [0.29, 0.717) is 0 Å². The van der Waals surface area contributed by atoms with Gasteiger partial charge in [0, 0.05) is 68.6 Å². The molecule has 1 aliphatic carbocycles. The van der Waals surface area contributed by atoms with E-state index in [1.165, 1.54) is 0 Å². The third kappa shape index (κ3) is 5.62. The number of hydrogen-bond donors (Lipinski definition) is 0. The maximum atomic E-state index is 5.32. The molecule has 6 aromatic carbocycles. The van der Waals surface area contributed by atoms with E-state index in [9.17, 15) is 0 Å². The topological polar surface area (TPSA) is 51.6 Å². The molecule has 4 nitrogen and oxygen atoms in total. The van der Waals surface area contributed by atoms with E-state index in [4.69, 9.17) is 19.9 Å². The van der Waals surface area contributed by atoms with Crippen LogP contribution in [0, 0.1) is 0 Å². The lowest BCUT2D eigenvalue weighted by Gasteiger charge is -2.36. The Balaban J connectivity index is 1.32. The lowest BCUT2D eigenvalue weighted by atomic mass is 9.66. The van der Waals surface area contributed by atoms with Gasteiger partial charge < -0.3 is 0 Å².